The van der Waals surface area contributed by atoms with E-state index in [2.05, 4.69) is 15.2 Å². The maximum absolute atomic E-state index is 12.6. The van der Waals surface area contributed by atoms with Crippen LogP contribution in [0.25, 0.3) is 0 Å². The molecular weight excluding hydrogens is 316 g/mol. The molecule has 130 valence electrons. The van der Waals surface area contributed by atoms with Crippen molar-refractivity contribution in [3.05, 3.63) is 59.9 Å². The Balaban J connectivity index is 1.53. The predicted octanol–water partition coefficient (Wildman–Crippen LogP) is 2.00. The molecule has 0 saturated carbocycles. The molecule has 1 aromatic carbocycles. The Kier molecular flexibility index (Phi) is 5.40. The molecule has 1 aromatic heterocycles. The van der Waals surface area contributed by atoms with Crippen LogP contribution in [0.5, 0.6) is 0 Å². The van der Waals surface area contributed by atoms with Crippen molar-refractivity contribution >= 4 is 17.5 Å². The zero-order valence-electron chi connectivity index (χ0n) is 14.3. The quantitative estimate of drug-likeness (QED) is 0.926. The number of carbonyl (C=O) groups is 2. The molecule has 2 amide bonds. The smallest absolute Gasteiger partial charge is 0.253 e. The minimum Gasteiger partial charge on any atom is -0.336 e. The minimum atomic E-state index is -0.121. The number of piperazine rings is 1. The van der Waals surface area contributed by atoms with Crippen LogP contribution in [0.2, 0.25) is 0 Å². The third-order valence-corrected chi connectivity index (χ3v) is 4.27. The highest BCUT2D eigenvalue weighted by Gasteiger charge is 2.22. The summed E-state index contributed by atoms with van der Waals surface area (Å²) in [6, 6.07) is 11.1. The molecule has 1 aliphatic heterocycles. The van der Waals surface area contributed by atoms with Gasteiger partial charge >= 0.3 is 0 Å². The average Bonchev–Trinajstić information content (AvgIpc) is 2.63. The Bertz CT molecular complexity index is 723. The molecule has 6 heteroatoms. The minimum absolute atomic E-state index is 0.0398. The molecule has 1 aliphatic rings. The standard InChI is InChI=1S/C19H22N4O2/c1-15(24)21-18-4-2-17(3-5-18)19(25)23-12-10-22(11-13-23)14-16-6-8-20-9-7-16/h2-9H,10-14H2,1H3,(H,21,24). The Morgan fingerprint density at radius 1 is 1.00 bits per heavy atom. The number of nitrogens with one attached hydrogen (secondary N) is 1. The van der Waals surface area contributed by atoms with Crippen molar-refractivity contribution in [2.75, 3.05) is 31.5 Å². The summed E-state index contributed by atoms with van der Waals surface area (Å²) in [5.74, 6) is -0.0812. The lowest BCUT2D eigenvalue weighted by molar-refractivity contribution is -0.114. The second-order valence-corrected chi connectivity index (χ2v) is 6.18. The third-order valence-electron chi connectivity index (χ3n) is 4.27. The maximum atomic E-state index is 12.6. The zero-order chi connectivity index (χ0) is 17.6. The molecule has 2 aromatic rings. The van der Waals surface area contributed by atoms with E-state index >= 15 is 0 Å². The van der Waals surface area contributed by atoms with Gasteiger partial charge in [-0.05, 0) is 42.0 Å². The number of rotatable bonds is 4. The first-order chi connectivity index (χ1) is 12.1. The average molecular weight is 338 g/mol. The van der Waals surface area contributed by atoms with Crippen LogP contribution in [-0.2, 0) is 11.3 Å². The first-order valence-electron chi connectivity index (χ1n) is 8.40. The third kappa shape index (κ3) is 4.64. The first-order valence-corrected chi connectivity index (χ1v) is 8.40. The van der Waals surface area contributed by atoms with Crippen molar-refractivity contribution in [3.8, 4) is 0 Å². The number of hydrogen-bond donors (Lipinski definition) is 1. The van der Waals surface area contributed by atoms with E-state index in [1.165, 1.54) is 12.5 Å². The fourth-order valence-electron chi connectivity index (χ4n) is 2.94. The van der Waals surface area contributed by atoms with Crippen molar-refractivity contribution in [2.45, 2.75) is 13.5 Å². The van der Waals surface area contributed by atoms with E-state index in [9.17, 15) is 9.59 Å². The molecule has 0 unspecified atom stereocenters. The van der Waals surface area contributed by atoms with Gasteiger partial charge in [0.2, 0.25) is 5.91 Å². The topological polar surface area (TPSA) is 65.5 Å². The molecule has 1 fully saturated rings. The van der Waals surface area contributed by atoms with Gasteiger partial charge in [0.1, 0.15) is 0 Å². The summed E-state index contributed by atoms with van der Waals surface area (Å²) in [7, 11) is 0. The summed E-state index contributed by atoms with van der Waals surface area (Å²) < 4.78 is 0. The lowest BCUT2D eigenvalue weighted by Gasteiger charge is -2.34. The monoisotopic (exact) mass is 338 g/mol. The van der Waals surface area contributed by atoms with Crippen LogP contribution in [0, 0.1) is 0 Å². The molecule has 0 radical (unpaired) electrons. The Labute approximate surface area is 147 Å². The molecule has 2 heterocycles. The summed E-state index contributed by atoms with van der Waals surface area (Å²) in [6.45, 7) is 5.51. The van der Waals surface area contributed by atoms with E-state index in [0.29, 0.717) is 11.3 Å². The fourth-order valence-corrected chi connectivity index (χ4v) is 2.94. The van der Waals surface area contributed by atoms with Crippen LogP contribution in [0.3, 0.4) is 0 Å². The lowest BCUT2D eigenvalue weighted by Crippen LogP contribution is -2.48. The summed E-state index contributed by atoms with van der Waals surface area (Å²) in [6.07, 6.45) is 3.61. The molecule has 0 bridgehead atoms. The van der Waals surface area contributed by atoms with E-state index in [1.807, 2.05) is 17.0 Å². The highest BCUT2D eigenvalue weighted by molar-refractivity contribution is 5.95. The highest BCUT2D eigenvalue weighted by Crippen LogP contribution is 2.14. The van der Waals surface area contributed by atoms with Crippen LogP contribution in [0.1, 0.15) is 22.8 Å². The normalized spacial score (nSPS) is 15.0. The molecule has 1 N–H and O–H groups in total. The van der Waals surface area contributed by atoms with E-state index in [4.69, 9.17) is 0 Å². The van der Waals surface area contributed by atoms with Gasteiger partial charge in [-0.1, -0.05) is 0 Å². The number of carbonyl (C=O) groups excluding carboxylic acids is 2. The number of amides is 2. The van der Waals surface area contributed by atoms with Gasteiger partial charge in [0.25, 0.3) is 5.91 Å². The summed E-state index contributed by atoms with van der Waals surface area (Å²) >= 11 is 0. The molecule has 25 heavy (non-hydrogen) atoms. The number of aromatic nitrogens is 1. The highest BCUT2D eigenvalue weighted by atomic mass is 16.2. The number of pyridine rings is 1. The molecule has 0 aliphatic carbocycles. The molecule has 1 saturated heterocycles. The Morgan fingerprint density at radius 2 is 1.64 bits per heavy atom. The second kappa shape index (κ2) is 7.90. The lowest BCUT2D eigenvalue weighted by atomic mass is 10.1. The van der Waals surface area contributed by atoms with Crippen LogP contribution >= 0.6 is 0 Å². The molecule has 3 rings (SSSR count). The fraction of sp³-hybridized carbons (Fsp3) is 0.316. The van der Waals surface area contributed by atoms with Gasteiger partial charge in [0.05, 0.1) is 0 Å². The summed E-state index contributed by atoms with van der Waals surface area (Å²) in [4.78, 5) is 31.9. The van der Waals surface area contributed by atoms with Crippen LogP contribution in [-0.4, -0.2) is 52.8 Å². The van der Waals surface area contributed by atoms with Crippen molar-refractivity contribution in [2.24, 2.45) is 0 Å². The predicted molar refractivity (Wildman–Crippen MR) is 96.2 cm³/mol. The van der Waals surface area contributed by atoms with Crippen LogP contribution in [0.4, 0.5) is 5.69 Å². The van der Waals surface area contributed by atoms with Crippen molar-refractivity contribution in [1.29, 1.82) is 0 Å². The molecule has 6 nitrogen and oxygen atoms in total. The van der Waals surface area contributed by atoms with Crippen LogP contribution < -0.4 is 5.32 Å². The van der Waals surface area contributed by atoms with Crippen molar-refractivity contribution in [1.82, 2.24) is 14.8 Å². The molecular formula is C19H22N4O2. The number of nitrogens with zero attached hydrogens (tertiary/aromatic N) is 3. The molecule has 0 spiro atoms. The van der Waals surface area contributed by atoms with Crippen molar-refractivity contribution in [3.63, 3.8) is 0 Å². The largest absolute Gasteiger partial charge is 0.336 e. The van der Waals surface area contributed by atoms with Gasteiger partial charge < -0.3 is 10.2 Å². The zero-order valence-corrected chi connectivity index (χ0v) is 14.3. The van der Waals surface area contributed by atoms with Gasteiger partial charge in [-0.2, -0.15) is 0 Å². The van der Waals surface area contributed by atoms with Crippen LogP contribution in [0.15, 0.2) is 48.8 Å². The van der Waals surface area contributed by atoms with E-state index < -0.39 is 0 Å². The second-order valence-electron chi connectivity index (χ2n) is 6.18. The van der Waals surface area contributed by atoms with Gasteiger partial charge in [-0.25, -0.2) is 0 Å². The first kappa shape index (κ1) is 17.1. The molecule has 0 atom stereocenters. The Hall–Kier alpha value is -2.73. The summed E-state index contributed by atoms with van der Waals surface area (Å²) in [5, 5.41) is 2.70. The van der Waals surface area contributed by atoms with E-state index in [0.717, 1.165) is 32.7 Å². The van der Waals surface area contributed by atoms with Gasteiger partial charge in [-0.15, -0.1) is 0 Å². The number of benzene rings is 1. The van der Waals surface area contributed by atoms with Gasteiger partial charge in [0, 0.05) is 63.3 Å². The van der Waals surface area contributed by atoms with Gasteiger partial charge in [-0.3, -0.25) is 19.5 Å². The maximum Gasteiger partial charge on any atom is 0.253 e. The summed E-state index contributed by atoms with van der Waals surface area (Å²) in [5.41, 5.74) is 2.59. The van der Waals surface area contributed by atoms with E-state index in [-0.39, 0.29) is 11.8 Å². The Morgan fingerprint density at radius 3 is 2.24 bits per heavy atom. The number of anilines is 1. The van der Waals surface area contributed by atoms with E-state index in [1.54, 1.807) is 36.7 Å². The number of hydrogen-bond acceptors (Lipinski definition) is 4. The van der Waals surface area contributed by atoms with Crippen molar-refractivity contribution < 1.29 is 9.59 Å². The SMILES string of the molecule is CC(=O)Nc1ccc(C(=O)N2CCN(Cc3ccncc3)CC2)cc1. The van der Waals surface area contributed by atoms with Gasteiger partial charge in [0.15, 0.2) is 0 Å².